The number of nitrogens with two attached hydrogens (primary N) is 1. The molecule has 1 saturated carbocycles. The van der Waals surface area contributed by atoms with Gasteiger partial charge in [0.15, 0.2) is 0 Å². The maximum Gasteiger partial charge on any atom is 0.149 e. The highest BCUT2D eigenvalue weighted by Crippen LogP contribution is 2.51. The number of aryl methyl sites for hydroxylation is 1. The van der Waals surface area contributed by atoms with Crippen molar-refractivity contribution in [1.82, 2.24) is 0 Å². The zero-order valence-electron chi connectivity index (χ0n) is 8.50. The van der Waals surface area contributed by atoms with Crippen LogP contribution in [0.5, 0.6) is 0 Å². The molecule has 1 aromatic rings. The number of rotatable bonds is 2. The van der Waals surface area contributed by atoms with Gasteiger partial charge in [-0.2, -0.15) is 0 Å². The molecule has 4 heteroatoms. The van der Waals surface area contributed by atoms with E-state index in [0.717, 1.165) is 24.0 Å². The Bertz CT molecular complexity index is 404. The quantitative estimate of drug-likeness (QED) is 0.351. The predicted molar refractivity (Wildman–Crippen MR) is 60.5 cm³/mol. The zero-order valence-corrected chi connectivity index (χ0v) is 9.25. The minimum absolute atomic E-state index is 0.263. The first-order valence-electron chi connectivity index (χ1n) is 4.85. The van der Waals surface area contributed by atoms with Crippen LogP contribution in [0.25, 0.3) is 0 Å². The van der Waals surface area contributed by atoms with Gasteiger partial charge < -0.3 is 10.9 Å². The first-order chi connectivity index (χ1) is 7.12. The molecule has 3 nitrogen and oxygen atoms in total. The Balaban J connectivity index is 2.55. The molecule has 1 aromatic carbocycles. The Hall–Kier alpha value is -1.22. The molecule has 15 heavy (non-hydrogen) atoms. The molecule has 0 spiro atoms. The molecule has 0 aromatic heterocycles. The highest BCUT2D eigenvalue weighted by atomic mass is 35.5. The molecular formula is C11H13ClN2O. The van der Waals surface area contributed by atoms with Crippen molar-refractivity contribution in [3.63, 3.8) is 0 Å². The van der Waals surface area contributed by atoms with Crippen LogP contribution in [0.15, 0.2) is 23.4 Å². The van der Waals surface area contributed by atoms with Crippen LogP contribution >= 0.6 is 11.6 Å². The van der Waals surface area contributed by atoms with E-state index >= 15 is 0 Å². The number of amidine groups is 1. The van der Waals surface area contributed by atoms with E-state index in [1.54, 1.807) is 0 Å². The minimum atomic E-state index is -0.322. The molecule has 0 heterocycles. The Morgan fingerprint density at radius 2 is 2.20 bits per heavy atom. The average molecular weight is 225 g/mol. The third-order valence-corrected chi connectivity index (χ3v) is 3.36. The second-order valence-corrected chi connectivity index (χ2v) is 4.41. The van der Waals surface area contributed by atoms with Crippen LogP contribution in [0.2, 0.25) is 5.02 Å². The van der Waals surface area contributed by atoms with Crippen LogP contribution < -0.4 is 5.73 Å². The van der Waals surface area contributed by atoms with Gasteiger partial charge in [-0.15, -0.1) is 0 Å². The summed E-state index contributed by atoms with van der Waals surface area (Å²) >= 11 is 6.16. The smallest absolute Gasteiger partial charge is 0.149 e. The van der Waals surface area contributed by atoms with E-state index in [4.69, 9.17) is 22.5 Å². The molecule has 0 aliphatic heterocycles. The van der Waals surface area contributed by atoms with Gasteiger partial charge in [0.25, 0.3) is 0 Å². The Morgan fingerprint density at radius 1 is 1.53 bits per heavy atom. The number of halogens is 1. The summed E-state index contributed by atoms with van der Waals surface area (Å²) in [5.74, 6) is 0.263. The van der Waals surface area contributed by atoms with E-state index < -0.39 is 0 Å². The van der Waals surface area contributed by atoms with E-state index in [2.05, 4.69) is 5.16 Å². The van der Waals surface area contributed by atoms with E-state index in [1.165, 1.54) is 0 Å². The lowest BCUT2D eigenvalue weighted by atomic mass is 9.91. The second-order valence-electron chi connectivity index (χ2n) is 4.00. The molecule has 1 aliphatic rings. The number of benzene rings is 1. The average Bonchev–Trinajstić information content (AvgIpc) is 2.98. The van der Waals surface area contributed by atoms with Gasteiger partial charge in [0.05, 0.1) is 5.41 Å². The molecule has 2 rings (SSSR count). The third kappa shape index (κ3) is 1.47. The van der Waals surface area contributed by atoms with Crippen LogP contribution in [0.4, 0.5) is 0 Å². The normalized spacial score (nSPS) is 18.9. The van der Waals surface area contributed by atoms with Crippen molar-refractivity contribution in [2.75, 3.05) is 0 Å². The molecule has 3 N–H and O–H groups in total. The monoisotopic (exact) mass is 224 g/mol. The van der Waals surface area contributed by atoms with Crippen molar-refractivity contribution in [1.29, 1.82) is 0 Å². The number of nitrogens with zero attached hydrogens (tertiary/aromatic N) is 1. The summed E-state index contributed by atoms with van der Waals surface area (Å²) in [4.78, 5) is 0. The summed E-state index contributed by atoms with van der Waals surface area (Å²) in [6.45, 7) is 1.99. The highest BCUT2D eigenvalue weighted by molar-refractivity contribution is 6.32. The summed E-state index contributed by atoms with van der Waals surface area (Å²) in [5.41, 5.74) is 7.49. The van der Waals surface area contributed by atoms with Gasteiger partial charge >= 0.3 is 0 Å². The van der Waals surface area contributed by atoms with Crippen molar-refractivity contribution in [3.05, 3.63) is 34.3 Å². The van der Waals surface area contributed by atoms with Gasteiger partial charge in [0, 0.05) is 5.02 Å². The van der Waals surface area contributed by atoms with Gasteiger partial charge in [-0.05, 0) is 37.0 Å². The molecule has 80 valence electrons. The van der Waals surface area contributed by atoms with Crippen molar-refractivity contribution >= 4 is 17.4 Å². The molecule has 1 aliphatic carbocycles. The lowest BCUT2D eigenvalue weighted by molar-refractivity contribution is 0.315. The summed E-state index contributed by atoms with van der Waals surface area (Å²) in [6, 6.07) is 5.74. The van der Waals surface area contributed by atoms with E-state index in [9.17, 15) is 0 Å². The van der Waals surface area contributed by atoms with Gasteiger partial charge in [-0.25, -0.2) is 0 Å². The predicted octanol–water partition coefficient (Wildman–Crippen LogP) is 2.43. The topological polar surface area (TPSA) is 58.6 Å². The Morgan fingerprint density at radius 3 is 2.67 bits per heavy atom. The third-order valence-electron chi connectivity index (χ3n) is 3.05. The number of hydrogen-bond donors (Lipinski definition) is 2. The summed E-state index contributed by atoms with van der Waals surface area (Å²) in [5, 5.41) is 12.6. The molecule has 0 radical (unpaired) electrons. The van der Waals surface area contributed by atoms with Crippen molar-refractivity contribution < 1.29 is 5.21 Å². The zero-order chi connectivity index (χ0) is 11.1. The van der Waals surface area contributed by atoms with Crippen LogP contribution in [-0.4, -0.2) is 11.0 Å². The second kappa shape index (κ2) is 3.42. The fourth-order valence-electron chi connectivity index (χ4n) is 2.09. The van der Waals surface area contributed by atoms with Crippen LogP contribution in [0.3, 0.4) is 0 Å². The largest absolute Gasteiger partial charge is 0.409 e. The van der Waals surface area contributed by atoms with Crippen molar-refractivity contribution in [2.45, 2.75) is 25.2 Å². The molecular weight excluding hydrogens is 212 g/mol. The standard InChI is InChI=1S/C11H13ClN2O/c1-7-3-2-4-8(12)9(7)11(5-6-11)10(13)14-15/h2-4,15H,5-6H2,1H3,(H2,13,14). The number of oxime groups is 1. The fourth-order valence-corrected chi connectivity index (χ4v) is 2.50. The molecule has 0 amide bonds. The van der Waals surface area contributed by atoms with E-state index in [-0.39, 0.29) is 11.3 Å². The fraction of sp³-hybridized carbons (Fsp3) is 0.364. The molecule has 0 saturated heterocycles. The van der Waals surface area contributed by atoms with Gasteiger partial charge in [-0.3, -0.25) is 0 Å². The Kier molecular flexibility index (Phi) is 2.35. The lowest BCUT2D eigenvalue weighted by Crippen LogP contribution is -2.29. The summed E-state index contributed by atoms with van der Waals surface area (Å²) in [6.07, 6.45) is 1.79. The van der Waals surface area contributed by atoms with Gasteiger partial charge in [-0.1, -0.05) is 28.9 Å². The first kappa shape index (κ1) is 10.3. The maximum atomic E-state index is 8.77. The number of hydrogen-bond acceptors (Lipinski definition) is 2. The maximum absolute atomic E-state index is 8.77. The summed E-state index contributed by atoms with van der Waals surface area (Å²) < 4.78 is 0. The van der Waals surface area contributed by atoms with E-state index in [0.29, 0.717) is 5.02 Å². The van der Waals surface area contributed by atoms with E-state index in [1.807, 2.05) is 25.1 Å². The summed E-state index contributed by atoms with van der Waals surface area (Å²) in [7, 11) is 0. The highest BCUT2D eigenvalue weighted by Gasteiger charge is 2.50. The molecule has 0 bridgehead atoms. The molecule has 0 atom stereocenters. The first-order valence-corrected chi connectivity index (χ1v) is 5.23. The van der Waals surface area contributed by atoms with Crippen molar-refractivity contribution in [2.24, 2.45) is 10.9 Å². The van der Waals surface area contributed by atoms with Crippen LogP contribution in [-0.2, 0) is 5.41 Å². The lowest BCUT2D eigenvalue weighted by Gasteiger charge is -2.18. The molecule has 1 fully saturated rings. The van der Waals surface area contributed by atoms with Crippen LogP contribution in [0, 0.1) is 6.92 Å². The van der Waals surface area contributed by atoms with Gasteiger partial charge in [0.1, 0.15) is 5.84 Å². The van der Waals surface area contributed by atoms with Crippen LogP contribution in [0.1, 0.15) is 24.0 Å². The Labute approximate surface area is 93.5 Å². The SMILES string of the molecule is Cc1cccc(Cl)c1C1(/C(N)=N/O)CC1. The van der Waals surface area contributed by atoms with Crippen molar-refractivity contribution in [3.8, 4) is 0 Å². The molecule has 0 unspecified atom stereocenters. The minimum Gasteiger partial charge on any atom is -0.409 e. The van der Waals surface area contributed by atoms with Gasteiger partial charge in [0.2, 0.25) is 0 Å².